The van der Waals surface area contributed by atoms with Gasteiger partial charge in [-0.05, 0) is 97.7 Å². The lowest BCUT2D eigenvalue weighted by Gasteiger charge is -2.63. The van der Waals surface area contributed by atoms with E-state index >= 15 is 0 Å². The third-order valence-electron chi connectivity index (χ3n) is 10.8. The van der Waals surface area contributed by atoms with Crippen LogP contribution >= 0.6 is 0 Å². The van der Waals surface area contributed by atoms with Crippen LogP contribution in [0.15, 0.2) is 0 Å². The van der Waals surface area contributed by atoms with Gasteiger partial charge in [-0.25, -0.2) is 0 Å². The van der Waals surface area contributed by atoms with Crippen LogP contribution in [0.1, 0.15) is 78.6 Å². The number of rotatable bonds is 4. The fourth-order valence-corrected chi connectivity index (χ4v) is 55.5. The van der Waals surface area contributed by atoms with Gasteiger partial charge in [0.15, 0.2) is 0 Å². The zero-order valence-corrected chi connectivity index (χ0v) is 44.0. The Labute approximate surface area is 359 Å². The molecule has 0 unspecified atom stereocenters. The molecule has 0 heterocycles. The van der Waals surface area contributed by atoms with Crippen LogP contribution < -0.4 is 0 Å². The van der Waals surface area contributed by atoms with Gasteiger partial charge in [-0.3, -0.25) is 4.79 Å². The Morgan fingerprint density at radius 1 is 0.700 bits per heavy atom. The molecule has 0 aromatic carbocycles. The Morgan fingerprint density at radius 3 is 1.64 bits per heavy atom. The fraction of sp³-hybridized carbons (Fsp3) is 0.958. The van der Waals surface area contributed by atoms with Gasteiger partial charge in [-0.2, -0.15) is 0 Å². The summed E-state index contributed by atoms with van der Waals surface area (Å²) >= 11 is 9.52. The van der Waals surface area contributed by atoms with E-state index in [2.05, 4.69) is 20.8 Å². The summed E-state index contributed by atoms with van der Waals surface area (Å²) in [6.07, 6.45) is 6.00. The monoisotopic (exact) mass is 1080 g/mol. The van der Waals surface area contributed by atoms with Crippen molar-refractivity contribution in [1.82, 2.24) is 0 Å². The quantitative estimate of drug-likeness (QED) is 0.343. The molecule has 4 N–H and O–H groups in total. The number of carboxylic acids is 1. The molecule has 0 bridgehead atoms. The van der Waals surface area contributed by atoms with E-state index in [1.807, 2.05) is 0 Å². The van der Waals surface area contributed by atoms with E-state index < -0.39 is 12.1 Å². The predicted molar refractivity (Wildman–Crippen MR) is 265 cm³/mol. The van der Waals surface area contributed by atoms with Crippen molar-refractivity contribution in [2.45, 2.75) is 96.9 Å². The molecule has 0 aromatic rings. The Kier molecular flexibility index (Phi) is 25.3. The molecule has 0 saturated heterocycles. The maximum atomic E-state index is 11.5. The van der Waals surface area contributed by atoms with Gasteiger partial charge >= 0.3 is 5.97 Å². The van der Waals surface area contributed by atoms with Gasteiger partial charge in [-0.15, -0.1) is 0 Å². The van der Waals surface area contributed by atoms with Gasteiger partial charge in [0.1, 0.15) is 0 Å². The number of aliphatic hydroxyl groups excluding tert-OH is 3. The molecular formula is C24H40O5S21. The molecule has 5 nitrogen and oxygen atoms in total. The van der Waals surface area contributed by atoms with Crippen molar-refractivity contribution in [2.75, 3.05) is 0 Å². The molecule has 11 atom stereocenters. The lowest BCUT2D eigenvalue weighted by Crippen LogP contribution is -2.62. The lowest BCUT2D eigenvalue weighted by molar-refractivity contribution is -0.207. The molecule has 0 amide bonds. The summed E-state index contributed by atoms with van der Waals surface area (Å²) in [5.74, 6) is 0.997. The molecule has 0 radical (unpaired) electrons. The first kappa shape index (κ1) is 48.3. The van der Waals surface area contributed by atoms with E-state index in [0.717, 1.165) is 44.9 Å². The van der Waals surface area contributed by atoms with Crippen molar-refractivity contribution >= 4 is 197 Å². The van der Waals surface area contributed by atoms with Crippen LogP contribution in [-0.2, 0) is 196 Å². The topological polar surface area (TPSA) is 98.0 Å². The first-order valence-electron chi connectivity index (χ1n) is 15.2. The molecule has 4 aliphatic carbocycles. The standard InChI is InChI=1S/C24H40O5.S21/c1-13(4-7-21(28)29)16-5-6-17-22-18(12-20(27)24(16,17)3)23(2)9-8-15(25)10-14(23)11-19(22)26;1-3-5-7-9-11-13-15-17-19-21-20-18-16-14-12-10-8-6-4-2/h13-20,22,25-27H,4-12H2,1-3H3,(H,28,29);/t13-,14+,15-,16-,17+,18+,19-,20+,22+,23+,24-;/m1./s1. The van der Waals surface area contributed by atoms with E-state index in [4.69, 9.17) is 27.5 Å². The van der Waals surface area contributed by atoms with Crippen molar-refractivity contribution in [1.29, 1.82) is 0 Å². The Bertz CT molecular complexity index is 1990. The van der Waals surface area contributed by atoms with Gasteiger partial charge < -0.3 is 20.4 Å². The summed E-state index contributed by atoms with van der Waals surface area (Å²) in [4.78, 5) is 11.1. The lowest BCUT2D eigenvalue weighted by atomic mass is 9.43. The maximum Gasteiger partial charge on any atom is 0.303 e. The minimum atomic E-state index is -0.748. The number of hydrogen-bond acceptors (Lipinski definition) is 6. The van der Waals surface area contributed by atoms with E-state index in [0.29, 0.717) is 30.1 Å². The van der Waals surface area contributed by atoms with Crippen molar-refractivity contribution < 1.29 is 25.2 Å². The van der Waals surface area contributed by atoms with Gasteiger partial charge in [0, 0.05) is 198 Å². The van der Waals surface area contributed by atoms with E-state index in [-0.39, 0.29) is 41.3 Å². The highest BCUT2D eigenvalue weighted by atomic mass is 33.5. The second kappa shape index (κ2) is 26.1. The fourth-order valence-electron chi connectivity index (χ4n) is 8.88. The number of carboxylic acid groups (broad SMARTS) is 1. The molecule has 26 heteroatoms. The molecule has 50 heavy (non-hydrogen) atoms. The Hall–Kier alpha value is 3.97. The Morgan fingerprint density at radius 2 is 1.18 bits per heavy atom. The summed E-state index contributed by atoms with van der Waals surface area (Å²) in [5.41, 5.74) is -0.143. The van der Waals surface area contributed by atoms with Gasteiger partial charge in [0.2, 0.25) is 0 Å². The molecule has 4 aliphatic rings. The third-order valence-corrected chi connectivity index (χ3v) is 50.8. The SMILES string of the molecule is C[C@H](CCC(=O)O)[C@H]1CC[C@H]2[C@@H]3[C@H](O)C[C@@H]4C[C@H](O)CC[C@]4(C)[C@H]3C[C@H](O)[C@]12C.S=S=S=S=S=S=S=S=S=S=S=S=S=S=S=S=S=S=S=S=S. The third kappa shape index (κ3) is 14.7. The normalized spacial score (nSPS) is 33.8. The molecule has 4 fully saturated rings. The van der Waals surface area contributed by atoms with Crippen molar-refractivity contribution in [2.24, 2.45) is 46.3 Å². The number of hydrogen-bond donors (Lipinski definition) is 4. The number of aliphatic hydroxyl groups is 3. The zero-order valence-electron chi connectivity index (χ0n) is 26.8. The highest BCUT2D eigenvalue weighted by molar-refractivity contribution is 8.78. The summed E-state index contributed by atoms with van der Waals surface area (Å²) in [6.45, 7) is 6.72. The largest absolute Gasteiger partial charge is 0.481 e. The summed E-state index contributed by atoms with van der Waals surface area (Å²) < 4.78 is 0. The number of fused-ring (bicyclic) bond motifs is 5. The van der Waals surface area contributed by atoms with Crippen LogP contribution in [0.2, 0.25) is 0 Å². The highest BCUT2D eigenvalue weighted by Crippen LogP contribution is 2.68. The van der Waals surface area contributed by atoms with Crippen molar-refractivity contribution in [3.8, 4) is 0 Å². The Balaban J connectivity index is 0.000000288. The first-order chi connectivity index (χ1) is 24.0. The molecule has 4 rings (SSSR count). The van der Waals surface area contributed by atoms with Gasteiger partial charge in [0.05, 0.1) is 18.3 Å². The minimum absolute atomic E-state index is 0.0957. The molecule has 292 valence electrons. The molecule has 0 aliphatic heterocycles. The zero-order chi connectivity index (χ0) is 36.6. The second-order valence-corrected chi connectivity index (χ2v) is 46.3. The molecule has 4 saturated carbocycles. The summed E-state index contributed by atoms with van der Waals surface area (Å²) in [7, 11) is 32.6. The smallest absolute Gasteiger partial charge is 0.303 e. The predicted octanol–water partition coefficient (Wildman–Crippen LogP) is 3.40. The average molecular weight is 1080 g/mol. The van der Waals surface area contributed by atoms with Crippen LogP contribution in [0.25, 0.3) is 0 Å². The van der Waals surface area contributed by atoms with Crippen LogP contribution in [0.5, 0.6) is 0 Å². The molecular weight excluding hydrogens is 1040 g/mol. The summed E-state index contributed by atoms with van der Waals surface area (Å²) in [6, 6.07) is 0. The van der Waals surface area contributed by atoms with Crippen LogP contribution in [0.4, 0.5) is 0 Å². The van der Waals surface area contributed by atoms with Crippen LogP contribution in [-0.4, -0.2) is 44.7 Å². The van der Waals surface area contributed by atoms with E-state index in [1.165, 1.54) is 17.8 Å². The van der Waals surface area contributed by atoms with Crippen LogP contribution in [0.3, 0.4) is 0 Å². The summed E-state index contributed by atoms with van der Waals surface area (Å²) in [5, 5.41) is 42.0. The van der Waals surface area contributed by atoms with E-state index in [9.17, 15) is 20.1 Å². The molecule has 0 aromatic heterocycles. The van der Waals surface area contributed by atoms with Gasteiger partial charge in [-0.1, -0.05) is 20.8 Å². The highest BCUT2D eigenvalue weighted by Gasteiger charge is 2.65. The maximum absolute atomic E-state index is 11.5. The van der Waals surface area contributed by atoms with Gasteiger partial charge in [0.25, 0.3) is 0 Å². The second-order valence-electron chi connectivity index (χ2n) is 12.7. The average Bonchev–Trinajstić information content (AvgIpc) is 3.45. The minimum Gasteiger partial charge on any atom is -0.481 e. The first-order valence-corrected chi connectivity index (χ1v) is 41.8. The van der Waals surface area contributed by atoms with Crippen LogP contribution in [0, 0.1) is 46.3 Å². The number of carbonyl (C=O) groups is 1. The van der Waals surface area contributed by atoms with E-state index in [1.54, 1.807) is 151 Å². The number of aliphatic carboxylic acids is 1. The molecule has 0 spiro atoms. The van der Waals surface area contributed by atoms with Crippen molar-refractivity contribution in [3.63, 3.8) is 0 Å². The van der Waals surface area contributed by atoms with Crippen molar-refractivity contribution in [3.05, 3.63) is 0 Å².